The highest BCUT2D eigenvalue weighted by Crippen LogP contribution is 2.29. The van der Waals surface area contributed by atoms with E-state index in [1.807, 2.05) is 19.1 Å². The normalized spacial score (nSPS) is 14.0. The van der Waals surface area contributed by atoms with Crippen LogP contribution in [0.1, 0.15) is 50.6 Å². The van der Waals surface area contributed by atoms with Gasteiger partial charge in [-0.3, -0.25) is 9.20 Å². The zero-order valence-corrected chi connectivity index (χ0v) is 15.5. The second kappa shape index (κ2) is 7.03. The molecule has 0 amide bonds. The van der Waals surface area contributed by atoms with Crippen LogP contribution in [-0.2, 0) is 24.2 Å². The Labute approximate surface area is 155 Å². The van der Waals surface area contributed by atoms with E-state index < -0.39 is 0 Å². The van der Waals surface area contributed by atoms with E-state index in [-0.39, 0.29) is 18.1 Å². The summed E-state index contributed by atoms with van der Waals surface area (Å²) in [4.78, 5) is 31.0. The fourth-order valence-corrected chi connectivity index (χ4v) is 4.46. The van der Waals surface area contributed by atoms with Crippen molar-refractivity contribution in [2.45, 2.75) is 45.6 Å². The first-order chi connectivity index (χ1) is 12.6. The van der Waals surface area contributed by atoms with Crippen LogP contribution in [0.25, 0.3) is 5.65 Å². The highest BCUT2D eigenvalue weighted by atomic mass is 32.1. The van der Waals surface area contributed by atoms with Crippen molar-refractivity contribution < 1.29 is 9.53 Å². The van der Waals surface area contributed by atoms with Crippen molar-refractivity contribution in [3.05, 3.63) is 67.4 Å². The number of carbonyl (C=O) groups excluding carboxylic acids is 1. The van der Waals surface area contributed by atoms with Crippen LogP contribution in [0.3, 0.4) is 0 Å². The first-order valence-electron chi connectivity index (χ1n) is 8.88. The molecule has 26 heavy (non-hydrogen) atoms. The SMILES string of the molecule is Cc1ccc2nc(COC(=O)c3cc4c(s3)CCCCC4)cc(=O)n2c1. The number of carbonyl (C=O) groups is 1. The fourth-order valence-electron chi connectivity index (χ4n) is 3.31. The summed E-state index contributed by atoms with van der Waals surface area (Å²) in [5, 5.41) is 0. The molecule has 0 aliphatic heterocycles. The summed E-state index contributed by atoms with van der Waals surface area (Å²) in [5.41, 5.74) is 3.12. The van der Waals surface area contributed by atoms with Gasteiger partial charge in [0.25, 0.3) is 5.56 Å². The Bertz CT molecular complexity index is 1010. The molecule has 3 aromatic heterocycles. The molecule has 3 aromatic rings. The van der Waals surface area contributed by atoms with E-state index in [0.717, 1.165) is 18.4 Å². The first-order valence-corrected chi connectivity index (χ1v) is 9.69. The molecule has 4 rings (SSSR count). The summed E-state index contributed by atoms with van der Waals surface area (Å²) >= 11 is 1.54. The summed E-state index contributed by atoms with van der Waals surface area (Å²) in [5.74, 6) is -0.339. The maximum atomic E-state index is 12.4. The monoisotopic (exact) mass is 368 g/mol. The molecule has 1 aliphatic carbocycles. The minimum Gasteiger partial charge on any atom is -0.455 e. The number of ether oxygens (including phenoxy) is 1. The molecule has 0 atom stereocenters. The lowest BCUT2D eigenvalue weighted by molar-refractivity contribution is 0.0473. The molecule has 0 bridgehead atoms. The number of thiophene rings is 1. The molecule has 0 fully saturated rings. The van der Waals surface area contributed by atoms with Crippen molar-refractivity contribution in [1.82, 2.24) is 9.38 Å². The third-order valence-electron chi connectivity index (χ3n) is 4.66. The lowest BCUT2D eigenvalue weighted by Gasteiger charge is -2.06. The second-order valence-electron chi connectivity index (χ2n) is 6.72. The average molecular weight is 368 g/mol. The van der Waals surface area contributed by atoms with E-state index >= 15 is 0 Å². The Hall–Kier alpha value is -2.47. The highest BCUT2D eigenvalue weighted by Gasteiger charge is 2.17. The summed E-state index contributed by atoms with van der Waals surface area (Å²) in [6, 6.07) is 7.08. The van der Waals surface area contributed by atoms with Gasteiger partial charge in [-0.1, -0.05) is 12.5 Å². The second-order valence-corrected chi connectivity index (χ2v) is 7.85. The van der Waals surface area contributed by atoms with Crippen molar-refractivity contribution >= 4 is 23.0 Å². The quantitative estimate of drug-likeness (QED) is 0.522. The average Bonchev–Trinajstić information content (AvgIpc) is 2.91. The summed E-state index contributed by atoms with van der Waals surface area (Å²) in [7, 11) is 0. The van der Waals surface area contributed by atoms with E-state index in [1.165, 1.54) is 51.5 Å². The van der Waals surface area contributed by atoms with Gasteiger partial charge in [-0.05, 0) is 55.9 Å². The molecule has 134 valence electrons. The number of fused-ring (bicyclic) bond motifs is 2. The molecule has 1 aliphatic rings. The van der Waals surface area contributed by atoms with Crippen LogP contribution in [0.2, 0.25) is 0 Å². The molecule has 5 nitrogen and oxygen atoms in total. The van der Waals surface area contributed by atoms with Gasteiger partial charge in [-0.15, -0.1) is 11.3 Å². The van der Waals surface area contributed by atoms with Gasteiger partial charge in [0.05, 0.1) is 5.69 Å². The van der Waals surface area contributed by atoms with E-state index in [1.54, 1.807) is 12.3 Å². The Balaban J connectivity index is 1.50. The van der Waals surface area contributed by atoms with Gasteiger partial charge in [0.1, 0.15) is 17.1 Å². The van der Waals surface area contributed by atoms with Gasteiger partial charge in [0, 0.05) is 17.1 Å². The predicted octanol–water partition coefficient (Wildman–Crippen LogP) is 3.69. The van der Waals surface area contributed by atoms with E-state index in [0.29, 0.717) is 16.2 Å². The van der Waals surface area contributed by atoms with Gasteiger partial charge < -0.3 is 4.74 Å². The van der Waals surface area contributed by atoms with Crippen molar-refractivity contribution in [3.8, 4) is 0 Å². The lowest BCUT2D eigenvalue weighted by atomic mass is 10.1. The number of pyridine rings is 1. The number of esters is 1. The molecule has 0 radical (unpaired) electrons. The summed E-state index contributed by atoms with van der Waals surface area (Å²) in [6.45, 7) is 1.92. The van der Waals surface area contributed by atoms with Gasteiger partial charge in [0.15, 0.2) is 0 Å². The molecule has 0 saturated heterocycles. The first kappa shape index (κ1) is 17.0. The van der Waals surface area contributed by atoms with Crippen molar-refractivity contribution in [1.29, 1.82) is 0 Å². The Morgan fingerprint density at radius 2 is 2.08 bits per heavy atom. The van der Waals surface area contributed by atoms with Crippen molar-refractivity contribution in [2.24, 2.45) is 0 Å². The van der Waals surface area contributed by atoms with Crippen LogP contribution in [-0.4, -0.2) is 15.4 Å². The number of hydrogen-bond acceptors (Lipinski definition) is 5. The number of aryl methyl sites for hydroxylation is 3. The Morgan fingerprint density at radius 3 is 2.96 bits per heavy atom. The highest BCUT2D eigenvalue weighted by molar-refractivity contribution is 7.14. The van der Waals surface area contributed by atoms with Gasteiger partial charge in [-0.25, -0.2) is 9.78 Å². The van der Waals surface area contributed by atoms with Crippen LogP contribution in [0.4, 0.5) is 0 Å². The minimum atomic E-state index is -0.339. The van der Waals surface area contributed by atoms with Gasteiger partial charge in [0.2, 0.25) is 0 Å². The maximum absolute atomic E-state index is 12.4. The third kappa shape index (κ3) is 3.42. The van der Waals surface area contributed by atoms with E-state index in [4.69, 9.17) is 4.74 Å². The molecule has 0 aromatic carbocycles. The van der Waals surface area contributed by atoms with Crippen LogP contribution >= 0.6 is 11.3 Å². The Morgan fingerprint density at radius 1 is 1.23 bits per heavy atom. The molecule has 0 saturated carbocycles. The Kier molecular flexibility index (Phi) is 4.59. The minimum absolute atomic E-state index is 0.00101. The summed E-state index contributed by atoms with van der Waals surface area (Å²) in [6.07, 6.45) is 7.47. The van der Waals surface area contributed by atoms with Crippen molar-refractivity contribution in [2.75, 3.05) is 0 Å². The van der Waals surface area contributed by atoms with E-state index in [9.17, 15) is 9.59 Å². The molecular formula is C20H20N2O3S. The topological polar surface area (TPSA) is 60.7 Å². The van der Waals surface area contributed by atoms with Crippen LogP contribution in [0.15, 0.2) is 35.3 Å². The van der Waals surface area contributed by atoms with Gasteiger partial charge >= 0.3 is 5.97 Å². The van der Waals surface area contributed by atoms with Crippen LogP contribution < -0.4 is 5.56 Å². The number of nitrogens with zero attached hydrogens (tertiary/aromatic N) is 2. The number of aromatic nitrogens is 2. The van der Waals surface area contributed by atoms with E-state index in [2.05, 4.69) is 4.98 Å². The molecular weight excluding hydrogens is 348 g/mol. The van der Waals surface area contributed by atoms with Crippen molar-refractivity contribution in [3.63, 3.8) is 0 Å². The molecule has 0 unspecified atom stereocenters. The zero-order valence-electron chi connectivity index (χ0n) is 14.7. The zero-order chi connectivity index (χ0) is 18.1. The number of rotatable bonds is 3. The maximum Gasteiger partial charge on any atom is 0.348 e. The third-order valence-corrected chi connectivity index (χ3v) is 5.88. The van der Waals surface area contributed by atoms with Crippen LogP contribution in [0.5, 0.6) is 0 Å². The van der Waals surface area contributed by atoms with Gasteiger partial charge in [-0.2, -0.15) is 0 Å². The number of hydrogen-bond donors (Lipinski definition) is 0. The lowest BCUT2D eigenvalue weighted by Crippen LogP contribution is -2.16. The smallest absolute Gasteiger partial charge is 0.348 e. The van der Waals surface area contributed by atoms with Crippen LogP contribution in [0, 0.1) is 6.92 Å². The molecule has 0 N–H and O–H groups in total. The molecule has 3 heterocycles. The molecule has 0 spiro atoms. The largest absolute Gasteiger partial charge is 0.455 e. The predicted molar refractivity (Wildman–Crippen MR) is 101 cm³/mol. The standard InChI is InChI=1S/C20H20N2O3S/c1-13-7-8-18-21-15(10-19(23)22(18)11-13)12-25-20(24)17-9-14-5-3-2-4-6-16(14)26-17/h7-11H,2-6,12H2,1H3. The summed E-state index contributed by atoms with van der Waals surface area (Å²) < 4.78 is 6.91. The molecule has 6 heteroatoms. The fraction of sp³-hybridized carbons (Fsp3) is 0.350.